The van der Waals surface area contributed by atoms with Crippen LogP contribution < -0.4 is 20.7 Å². The molecule has 3 amide bonds. The van der Waals surface area contributed by atoms with Crippen LogP contribution in [0.15, 0.2) is 109 Å². The lowest BCUT2D eigenvalue weighted by atomic mass is 9.47. The predicted molar refractivity (Wildman–Crippen MR) is 363 cm³/mol. The summed E-state index contributed by atoms with van der Waals surface area (Å²) in [5.74, 6) is 2.14. The van der Waals surface area contributed by atoms with Crippen molar-refractivity contribution < 1.29 is 56.1 Å². The lowest BCUT2D eigenvalue weighted by Crippen LogP contribution is -2.51. The van der Waals surface area contributed by atoms with Crippen LogP contribution in [0.2, 0.25) is 18.1 Å². The fourth-order valence-corrected chi connectivity index (χ4v) is 17.8. The van der Waals surface area contributed by atoms with Crippen molar-refractivity contribution in [3.63, 3.8) is 0 Å². The molecule has 508 valence electrons. The number of allylic oxidation sites excluding steroid dienone is 1. The van der Waals surface area contributed by atoms with Gasteiger partial charge in [-0.2, -0.15) is 0 Å². The van der Waals surface area contributed by atoms with Crippen molar-refractivity contribution in [1.82, 2.24) is 16.0 Å². The molecule has 0 aromatic heterocycles. The summed E-state index contributed by atoms with van der Waals surface area (Å²) in [6.07, 6.45) is 12.2. The summed E-state index contributed by atoms with van der Waals surface area (Å²) in [5, 5.41) is 7.96. The van der Waals surface area contributed by atoms with E-state index < -0.39 is 62.0 Å². The van der Waals surface area contributed by atoms with Gasteiger partial charge in [-0.05, 0) is 157 Å². The minimum absolute atomic E-state index is 0.0192. The minimum atomic E-state index is -2.84. The number of nitrogens with one attached hydrogen (secondary N) is 3. The highest BCUT2D eigenvalue weighted by atomic mass is 28.4. The van der Waals surface area contributed by atoms with Crippen LogP contribution in [0.5, 0.6) is 5.75 Å². The van der Waals surface area contributed by atoms with Gasteiger partial charge in [0.25, 0.3) is 0 Å². The number of amides is 3. The summed E-state index contributed by atoms with van der Waals surface area (Å²) >= 11 is 0. The molecule has 2 unspecified atom stereocenters. The number of benzene rings is 4. The predicted octanol–water partition coefficient (Wildman–Crippen LogP) is 16.6. The van der Waals surface area contributed by atoms with Crippen molar-refractivity contribution >= 4 is 32.2 Å². The number of unbranched alkanes of at least 4 members (excludes halogenated alkanes) is 2. The van der Waals surface area contributed by atoms with E-state index in [1.807, 2.05) is 98.0 Å². The molecule has 1 heterocycles. The summed E-state index contributed by atoms with van der Waals surface area (Å²) in [7, 11) is 0.243. The number of rotatable bonds is 28. The molecule has 0 bridgehead atoms. The lowest BCUT2D eigenvalue weighted by molar-refractivity contribution is -0.159. The number of methoxy groups -OCH3 is 1. The van der Waals surface area contributed by atoms with Gasteiger partial charge in [0.15, 0.2) is 14.4 Å². The lowest BCUT2D eigenvalue weighted by Gasteiger charge is -2.58. The molecule has 3 saturated carbocycles. The van der Waals surface area contributed by atoms with E-state index in [4.69, 9.17) is 28.1 Å². The summed E-state index contributed by atoms with van der Waals surface area (Å²) in [6, 6.07) is 29.1. The van der Waals surface area contributed by atoms with Gasteiger partial charge in [0.2, 0.25) is 11.8 Å². The van der Waals surface area contributed by atoms with E-state index >= 15 is 8.78 Å². The number of carbonyl (C=O) groups is 4. The van der Waals surface area contributed by atoms with Crippen molar-refractivity contribution in [2.24, 2.45) is 46.3 Å². The molecule has 16 heteroatoms. The Hall–Kier alpha value is -5.94. The molecule has 4 fully saturated rings. The Morgan fingerprint density at radius 2 is 1.42 bits per heavy atom. The number of alkyl carbamates (subject to hydrolysis) is 1. The van der Waals surface area contributed by atoms with Crippen LogP contribution in [-0.2, 0) is 49.9 Å². The van der Waals surface area contributed by atoms with Crippen LogP contribution >= 0.6 is 0 Å². The highest BCUT2D eigenvalue weighted by molar-refractivity contribution is 6.74. The van der Waals surface area contributed by atoms with E-state index in [1.54, 1.807) is 7.11 Å². The van der Waals surface area contributed by atoms with E-state index in [1.165, 1.54) is 63.6 Å². The molecule has 3 N–H and O–H groups in total. The van der Waals surface area contributed by atoms with Gasteiger partial charge in [0.05, 0.1) is 20.1 Å². The molecule has 0 spiro atoms. The number of carbonyl (C=O) groups excluding carboxylic acids is 4. The van der Waals surface area contributed by atoms with Crippen molar-refractivity contribution in [2.45, 2.75) is 225 Å². The molecule has 13 nitrogen and oxygen atoms in total. The van der Waals surface area contributed by atoms with Gasteiger partial charge < -0.3 is 44.1 Å². The van der Waals surface area contributed by atoms with E-state index in [9.17, 15) is 19.2 Å². The fourth-order valence-electron chi connectivity index (χ4n) is 16.6. The molecular formula is C77H107F2N3O10Si. The summed E-state index contributed by atoms with van der Waals surface area (Å²) in [5.41, 5.74) is 3.12. The van der Waals surface area contributed by atoms with E-state index in [-0.39, 0.29) is 71.9 Å². The van der Waals surface area contributed by atoms with Gasteiger partial charge in [-0.3, -0.25) is 14.4 Å². The third kappa shape index (κ3) is 16.3. The van der Waals surface area contributed by atoms with Gasteiger partial charge in [-0.25, -0.2) is 13.6 Å². The maximum absolute atomic E-state index is 16.8. The molecule has 1 saturated heterocycles. The normalized spacial score (nSPS) is 26.4. The van der Waals surface area contributed by atoms with Crippen LogP contribution in [0.1, 0.15) is 198 Å². The SMILES string of the molecule is CNC(=O)CCC(=O)OC1[C@@H](COC(c2ccccc2)(c2ccccc2)c2ccc(OC)cc2)O[C@@H](c2cc(CNC(=O)CCCCCNC(=O)O[C@H]3CC[C@@]4(C)C(=CCC5[C@@H]6CC[C@H]([C@@H](C)CCCC(C)C)[C@@]6(C)CC[C@@H]54)C3)c(F)cc2F)[C@H]1O[Si](C)(C)C(C)(C)C. The second kappa shape index (κ2) is 30.9. The molecule has 93 heavy (non-hydrogen) atoms. The second-order valence-electron chi connectivity index (χ2n) is 30.1. The first-order valence-electron chi connectivity index (χ1n) is 34.8. The largest absolute Gasteiger partial charge is 0.497 e. The molecule has 12 atom stereocenters. The van der Waals surface area contributed by atoms with Gasteiger partial charge in [-0.1, -0.05) is 166 Å². The highest BCUT2D eigenvalue weighted by Gasteiger charge is 2.60. The number of hydrogen-bond acceptors (Lipinski definition) is 10. The molecule has 4 aromatic carbocycles. The van der Waals surface area contributed by atoms with Crippen molar-refractivity contribution in [1.29, 1.82) is 0 Å². The number of fused-ring (bicyclic) bond motifs is 5. The maximum Gasteiger partial charge on any atom is 0.407 e. The Morgan fingerprint density at radius 3 is 2.08 bits per heavy atom. The monoisotopic (exact) mass is 1300 g/mol. The minimum Gasteiger partial charge on any atom is -0.497 e. The number of hydrogen-bond donors (Lipinski definition) is 3. The van der Waals surface area contributed by atoms with Crippen molar-refractivity contribution in [3.05, 3.63) is 148 Å². The van der Waals surface area contributed by atoms with Crippen LogP contribution in [0.25, 0.3) is 0 Å². The molecule has 4 aromatic rings. The zero-order chi connectivity index (χ0) is 66.9. The molecule has 5 aliphatic rings. The van der Waals surface area contributed by atoms with Crippen molar-refractivity contribution in [3.8, 4) is 5.75 Å². The van der Waals surface area contributed by atoms with E-state index in [0.29, 0.717) is 42.9 Å². The Labute approximate surface area is 554 Å². The number of esters is 1. The van der Waals surface area contributed by atoms with Gasteiger partial charge in [-0.15, -0.1) is 0 Å². The van der Waals surface area contributed by atoms with Gasteiger partial charge in [0.1, 0.15) is 47.4 Å². The first-order chi connectivity index (χ1) is 44.3. The summed E-state index contributed by atoms with van der Waals surface area (Å²) < 4.78 is 72.2. The van der Waals surface area contributed by atoms with E-state index in [2.05, 4.69) is 77.4 Å². The second-order valence-corrected chi connectivity index (χ2v) is 34.8. The van der Waals surface area contributed by atoms with E-state index in [0.717, 1.165) is 78.0 Å². The average Bonchev–Trinajstić information content (AvgIpc) is 1.71. The first-order valence-corrected chi connectivity index (χ1v) is 37.7. The maximum atomic E-state index is 16.8. The Kier molecular flexibility index (Phi) is 23.7. The van der Waals surface area contributed by atoms with Gasteiger partial charge >= 0.3 is 12.1 Å². The topological polar surface area (TPSA) is 160 Å². The van der Waals surface area contributed by atoms with Crippen LogP contribution in [0.3, 0.4) is 0 Å². The Morgan fingerprint density at radius 1 is 0.731 bits per heavy atom. The molecule has 4 aliphatic carbocycles. The zero-order valence-electron chi connectivity index (χ0n) is 57.6. The average molecular weight is 1300 g/mol. The first kappa shape index (κ1) is 71.4. The zero-order valence-corrected chi connectivity index (χ0v) is 58.6. The molecule has 9 rings (SSSR count). The Balaban J connectivity index is 0.825. The fraction of sp³-hybridized carbons (Fsp3) is 0.610. The summed E-state index contributed by atoms with van der Waals surface area (Å²) in [4.78, 5) is 53.0. The van der Waals surface area contributed by atoms with Crippen LogP contribution in [0.4, 0.5) is 13.6 Å². The number of ether oxygens (including phenoxy) is 5. The Bertz CT molecular complexity index is 3150. The molecular weight excluding hydrogens is 1190 g/mol. The smallest absolute Gasteiger partial charge is 0.407 e. The third-order valence-electron chi connectivity index (χ3n) is 22.8. The molecule has 0 radical (unpaired) electrons. The quantitative estimate of drug-likeness (QED) is 0.0164. The third-order valence-corrected chi connectivity index (χ3v) is 27.3. The van der Waals surface area contributed by atoms with Crippen molar-refractivity contribution in [2.75, 3.05) is 27.3 Å². The number of halogens is 2. The van der Waals surface area contributed by atoms with Crippen LogP contribution in [0, 0.1) is 58.0 Å². The standard InChI is InChI=1S/C77H107F2N3O10Si/c1-50(2)23-22-24-51(3)61-36-37-62-59-35-32-56-46-58(40-42-75(56,7)63(59)41-43-76(61,62)8)89-73(86)81-44-21-15-20-29-68(84)82-48-52-45-60(65(79)47-64(52)78)70-72(92-93(11,12)74(4,5)6)71(91-69(85)39-38-67(83)80-9)66(90-70)49-88-77(53-25-16-13-17-26-53,54-27-18-14-19-28-54)55-30-33-57(87-10)34-31-55/h13-14,16-19,25-28,30-34,45,47,50-51,58-59,61-63,66,70-72H,15,20-24,29,35-44,46,48-49H2,1-12H3,(H,80,83)(H,81,86)(H,82,84)/t51-,58-,59?,61+,62-,63-,66+,70-,71?,72+,75-,76+/m0/s1. The van der Waals surface area contributed by atoms with Gasteiger partial charge in [0, 0.05) is 56.6 Å². The summed E-state index contributed by atoms with van der Waals surface area (Å²) in [6.45, 7) is 22.6. The molecule has 1 aliphatic heterocycles. The highest BCUT2D eigenvalue weighted by Crippen LogP contribution is 2.67. The van der Waals surface area contributed by atoms with Crippen LogP contribution in [-0.4, -0.2) is 83.9 Å².